The Labute approximate surface area is 163 Å². The van der Waals surface area contributed by atoms with E-state index in [4.69, 9.17) is 4.74 Å². The van der Waals surface area contributed by atoms with Crippen molar-refractivity contribution in [2.24, 2.45) is 0 Å². The summed E-state index contributed by atoms with van der Waals surface area (Å²) in [5.41, 5.74) is 1.94. The number of nitrogens with zero attached hydrogens (tertiary/aromatic N) is 1. The van der Waals surface area contributed by atoms with Gasteiger partial charge in [-0.3, -0.25) is 14.2 Å². The van der Waals surface area contributed by atoms with Gasteiger partial charge in [0.1, 0.15) is 11.4 Å². The second-order valence-corrected chi connectivity index (χ2v) is 6.20. The highest BCUT2D eigenvalue weighted by Gasteiger charge is 2.13. The minimum Gasteiger partial charge on any atom is -0.497 e. The lowest BCUT2D eigenvalue weighted by atomic mass is 10.1. The molecule has 0 radical (unpaired) electrons. The molecular formula is C23H22N2O3. The van der Waals surface area contributed by atoms with Crippen molar-refractivity contribution >= 4 is 17.7 Å². The first kappa shape index (κ1) is 19.2. The van der Waals surface area contributed by atoms with Crippen molar-refractivity contribution < 1.29 is 9.53 Å². The highest BCUT2D eigenvalue weighted by atomic mass is 16.5. The molecule has 1 amide bonds. The molecule has 0 saturated heterocycles. The van der Waals surface area contributed by atoms with Crippen molar-refractivity contribution in [1.82, 2.24) is 9.88 Å². The summed E-state index contributed by atoms with van der Waals surface area (Å²) in [6, 6.07) is 22.0. The van der Waals surface area contributed by atoms with Crippen LogP contribution in [0.5, 0.6) is 5.75 Å². The van der Waals surface area contributed by atoms with Crippen LogP contribution >= 0.6 is 0 Å². The Bertz CT molecular complexity index is 1010. The Hall–Kier alpha value is -3.60. The van der Waals surface area contributed by atoms with Gasteiger partial charge in [-0.1, -0.05) is 48.5 Å². The van der Waals surface area contributed by atoms with E-state index in [9.17, 15) is 9.59 Å². The summed E-state index contributed by atoms with van der Waals surface area (Å²) >= 11 is 0. The molecule has 0 aliphatic carbocycles. The minimum atomic E-state index is -0.306. The predicted octanol–water partition coefficient (Wildman–Crippen LogP) is 3.21. The van der Waals surface area contributed by atoms with E-state index in [1.165, 1.54) is 10.6 Å². The number of benzene rings is 2. The van der Waals surface area contributed by atoms with Crippen LogP contribution in [0.4, 0.5) is 0 Å². The van der Waals surface area contributed by atoms with E-state index in [1.54, 1.807) is 31.5 Å². The molecule has 0 saturated carbocycles. The fourth-order valence-electron chi connectivity index (χ4n) is 2.78. The Morgan fingerprint density at radius 1 is 1.00 bits per heavy atom. The highest BCUT2D eigenvalue weighted by Crippen LogP contribution is 2.15. The monoisotopic (exact) mass is 374 g/mol. The fraction of sp³-hybridized carbons (Fsp3) is 0.130. The van der Waals surface area contributed by atoms with Gasteiger partial charge in [0, 0.05) is 18.8 Å². The van der Waals surface area contributed by atoms with Crippen molar-refractivity contribution in [2.75, 3.05) is 13.7 Å². The van der Waals surface area contributed by atoms with E-state index in [0.29, 0.717) is 13.0 Å². The second kappa shape index (κ2) is 9.37. The van der Waals surface area contributed by atoms with Crippen LogP contribution in [-0.2, 0) is 11.2 Å². The lowest BCUT2D eigenvalue weighted by Crippen LogP contribution is -2.31. The molecule has 5 nitrogen and oxygen atoms in total. The number of amides is 1. The molecule has 0 aliphatic rings. The topological polar surface area (TPSA) is 60.3 Å². The van der Waals surface area contributed by atoms with Gasteiger partial charge in [-0.15, -0.1) is 0 Å². The maximum absolute atomic E-state index is 12.8. The fourth-order valence-corrected chi connectivity index (χ4v) is 2.78. The van der Waals surface area contributed by atoms with Crippen molar-refractivity contribution in [2.45, 2.75) is 6.42 Å². The second-order valence-electron chi connectivity index (χ2n) is 6.20. The molecule has 0 spiro atoms. The van der Waals surface area contributed by atoms with Gasteiger partial charge in [-0.2, -0.15) is 0 Å². The van der Waals surface area contributed by atoms with Gasteiger partial charge in [-0.05, 0) is 41.8 Å². The quantitative estimate of drug-likeness (QED) is 0.646. The van der Waals surface area contributed by atoms with E-state index in [1.807, 2.05) is 54.6 Å². The van der Waals surface area contributed by atoms with Gasteiger partial charge in [0.05, 0.1) is 7.11 Å². The summed E-state index contributed by atoms with van der Waals surface area (Å²) in [4.78, 5) is 25.1. The molecule has 28 heavy (non-hydrogen) atoms. The lowest BCUT2D eigenvalue weighted by Gasteiger charge is -2.12. The van der Waals surface area contributed by atoms with E-state index in [2.05, 4.69) is 5.32 Å². The number of carbonyl (C=O) groups excluding carboxylic acids is 1. The number of rotatable bonds is 7. The average Bonchev–Trinajstić information content (AvgIpc) is 2.74. The first-order valence-electron chi connectivity index (χ1n) is 9.03. The molecule has 3 aromatic rings. The highest BCUT2D eigenvalue weighted by molar-refractivity contribution is 6.18. The Kier molecular flexibility index (Phi) is 6.41. The van der Waals surface area contributed by atoms with Gasteiger partial charge in [0.2, 0.25) is 0 Å². The SMILES string of the molecule is COc1ccc(C=C(C(=O)NCCc2ccccc2)n2ccccc2=O)cc1. The predicted molar refractivity (Wildman–Crippen MR) is 111 cm³/mol. The van der Waals surface area contributed by atoms with Crippen LogP contribution in [-0.4, -0.2) is 24.1 Å². The van der Waals surface area contributed by atoms with Gasteiger partial charge in [-0.25, -0.2) is 0 Å². The van der Waals surface area contributed by atoms with E-state index >= 15 is 0 Å². The number of hydrogen-bond acceptors (Lipinski definition) is 3. The molecule has 5 heteroatoms. The van der Waals surface area contributed by atoms with Crippen LogP contribution in [0.2, 0.25) is 0 Å². The number of carbonyl (C=O) groups is 1. The van der Waals surface area contributed by atoms with Crippen LogP contribution in [0.3, 0.4) is 0 Å². The average molecular weight is 374 g/mol. The molecule has 1 N–H and O–H groups in total. The molecule has 1 heterocycles. The summed E-state index contributed by atoms with van der Waals surface area (Å²) < 4.78 is 6.51. The van der Waals surface area contributed by atoms with E-state index in [-0.39, 0.29) is 17.2 Å². The van der Waals surface area contributed by atoms with Crippen molar-refractivity contribution in [3.05, 3.63) is 100 Å². The summed E-state index contributed by atoms with van der Waals surface area (Å²) in [6.07, 6.45) is 4.00. The Morgan fingerprint density at radius 3 is 2.39 bits per heavy atom. The molecule has 142 valence electrons. The zero-order valence-electron chi connectivity index (χ0n) is 15.7. The normalized spacial score (nSPS) is 11.1. The summed E-state index contributed by atoms with van der Waals surface area (Å²) in [7, 11) is 1.60. The Balaban J connectivity index is 1.83. The number of hydrogen-bond donors (Lipinski definition) is 1. The van der Waals surface area contributed by atoms with Crippen molar-refractivity contribution in [1.29, 1.82) is 0 Å². The van der Waals surface area contributed by atoms with Gasteiger partial charge < -0.3 is 10.1 Å². The lowest BCUT2D eigenvalue weighted by molar-refractivity contribution is -0.115. The zero-order chi connectivity index (χ0) is 19.8. The van der Waals surface area contributed by atoms with E-state index < -0.39 is 0 Å². The number of aromatic nitrogens is 1. The molecule has 0 aliphatic heterocycles. The first-order valence-corrected chi connectivity index (χ1v) is 9.03. The molecule has 3 rings (SSSR count). The van der Waals surface area contributed by atoms with Crippen LogP contribution in [0.1, 0.15) is 11.1 Å². The van der Waals surface area contributed by atoms with Gasteiger partial charge >= 0.3 is 0 Å². The summed E-state index contributed by atoms with van der Waals surface area (Å²) in [5, 5.41) is 2.91. The molecular weight excluding hydrogens is 352 g/mol. The van der Waals surface area contributed by atoms with Crippen molar-refractivity contribution in [3.8, 4) is 5.75 Å². The maximum Gasteiger partial charge on any atom is 0.268 e. The van der Waals surface area contributed by atoms with Crippen LogP contribution in [0.15, 0.2) is 83.8 Å². The largest absolute Gasteiger partial charge is 0.497 e. The van der Waals surface area contributed by atoms with Gasteiger partial charge in [0.25, 0.3) is 11.5 Å². The molecule has 0 bridgehead atoms. The first-order chi connectivity index (χ1) is 13.7. The standard InChI is InChI=1S/C23H22N2O3/c1-28-20-12-10-19(11-13-20)17-21(25-16-6-5-9-22(25)26)23(27)24-15-14-18-7-3-2-4-8-18/h2-13,16-17H,14-15H2,1H3,(H,24,27). The van der Waals surface area contributed by atoms with E-state index in [0.717, 1.165) is 16.9 Å². The minimum absolute atomic E-state index is 0.263. The summed E-state index contributed by atoms with van der Waals surface area (Å²) in [6.45, 7) is 0.477. The third kappa shape index (κ3) is 4.98. The van der Waals surface area contributed by atoms with Crippen LogP contribution in [0, 0.1) is 0 Å². The number of ether oxygens (including phenoxy) is 1. The summed E-state index contributed by atoms with van der Waals surface area (Å²) in [5.74, 6) is 0.419. The zero-order valence-corrected chi connectivity index (χ0v) is 15.7. The number of pyridine rings is 1. The van der Waals surface area contributed by atoms with Crippen molar-refractivity contribution in [3.63, 3.8) is 0 Å². The van der Waals surface area contributed by atoms with Gasteiger partial charge in [0.15, 0.2) is 0 Å². The van der Waals surface area contributed by atoms with Crippen LogP contribution in [0.25, 0.3) is 11.8 Å². The molecule has 0 fully saturated rings. The third-order valence-corrected chi connectivity index (χ3v) is 4.28. The Morgan fingerprint density at radius 2 is 1.71 bits per heavy atom. The van der Waals surface area contributed by atoms with Crippen LogP contribution < -0.4 is 15.6 Å². The number of methoxy groups -OCH3 is 1. The molecule has 2 aromatic carbocycles. The third-order valence-electron chi connectivity index (χ3n) is 4.28. The molecule has 0 unspecified atom stereocenters. The number of nitrogens with one attached hydrogen (secondary N) is 1. The molecule has 0 atom stereocenters. The smallest absolute Gasteiger partial charge is 0.268 e. The maximum atomic E-state index is 12.8. The molecule has 1 aromatic heterocycles.